The average Bonchev–Trinajstić information content (AvgIpc) is 2.32. The zero-order chi connectivity index (χ0) is 14.6. The summed E-state index contributed by atoms with van der Waals surface area (Å²) in [5.74, 6) is -2.61. The van der Waals surface area contributed by atoms with Crippen LogP contribution in [-0.4, -0.2) is 26.0 Å². The highest BCUT2D eigenvalue weighted by Gasteiger charge is 2.24. The van der Waals surface area contributed by atoms with Gasteiger partial charge in [0.05, 0.1) is 5.56 Å². The van der Waals surface area contributed by atoms with Gasteiger partial charge in [-0.15, -0.1) is 12.3 Å². The molecule has 0 radical (unpaired) electrons. The lowest BCUT2D eigenvalue weighted by molar-refractivity contribution is 0.0696. The topological polar surface area (TPSA) is 83.5 Å². The van der Waals surface area contributed by atoms with Crippen molar-refractivity contribution < 1.29 is 27.1 Å². The quantitative estimate of drug-likeness (QED) is 0.625. The van der Waals surface area contributed by atoms with E-state index in [1.165, 1.54) is 0 Å². The molecule has 0 amide bonds. The van der Waals surface area contributed by atoms with Crippen molar-refractivity contribution in [1.82, 2.24) is 4.72 Å². The molecule has 1 rings (SSSR count). The van der Waals surface area contributed by atoms with Crippen LogP contribution in [0.15, 0.2) is 17.0 Å². The molecule has 19 heavy (non-hydrogen) atoms. The number of rotatable bonds is 5. The molecule has 1 aromatic carbocycles. The van der Waals surface area contributed by atoms with Crippen molar-refractivity contribution in [3.05, 3.63) is 29.3 Å². The SMILES string of the molecule is C#CCCNS(=O)(=O)c1cc(C(=O)O)cc(F)c1F. The molecular weight excluding hydrogens is 280 g/mol. The Hall–Kier alpha value is -1.98. The number of sulfonamides is 1. The van der Waals surface area contributed by atoms with Crippen LogP contribution in [0.3, 0.4) is 0 Å². The van der Waals surface area contributed by atoms with Crippen LogP contribution in [-0.2, 0) is 10.0 Å². The summed E-state index contributed by atoms with van der Waals surface area (Å²) in [5.41, 5.74) is -0.670. The van der Waals surface area contributed by atoms with E-state index in [2.05, 4.69) is 5.92 Å². The Bertz CT molecular complexity index is 649. The van der Waals surface area contributed by atoms with E-state index in [1.807, 2.05) is 4.72 Å². The Kier molecular flexibility index (Phi) is 4.58. The first-order chi connectivity index (χ1) is 8.79. The van der Waals surface area contributed by atoms with Gasteiger partial charge >= 0.3 is 5.97 Å². The van der Waals surface area contributed by atoms with Crippen LogP contribution in [0, 0.1) is 24.0 Å². The largest absolute Gasteiger partial charge is 0.478 e. The van der Waals surface area contributed by atoms with Crippen molar-refractivity contribution in [3.8, 4) is 12.3 Å². The molecular formula is C11H9F2NO4S. The van der Waals surface area contributed by atoms with Crippen LogP contribution in [0.4, 0.5) is 8.78 Å². The molecule has 0 aliphatic rings. The first-order valence-electron chi connectivity index (χ1n) is 4.95. The van der Waals surface area contributed by atoms with Gasteiger partial charge in [0.1, 0.15) is 4.90 Å². The van der Waals surface area contributed by atoms with Gasteiger partial charge in [0.15, 0.2) is 11.6 Å². The summed E-state index contributed by atoms with van der Waals surface area (Å²) < 4.78 is 51.9. The number of terminal acetylenes is 1. The summed E-state index contributed by atoms with van der Waals surface area (Å²) in [4.78, 5) is 9.61. The summed E-state index contributed by atoms with van der Waals surface area (Å²) >= 11 is 0. The van der Waals surface area contributed by atoms with Crippen molar-refractivity contribution in [2.24, 2.45) is 0 Å². The van der Waals surface area contributed by atoms with Crippen LogP contribution >= 0.6 is 0 Å². The lowest BCUT2D eigenvalue weighted by atomic mass is 10.2. The van der Waals surface area contributed by atoms with E-state index >= 15 is 0 Å². The number of carboxylic acid groups (broad SMARTS) is 1. The predicted molar refractivity (Wildman–Crippen MR) is 62.0 cm³/mol. The van der Waals surface area contributed by atoms with E-state index < -0.39 is 38.1 Å². The summed E-state index contributed by atoms with van der Waals surface area (Å²) in [6, 6.07) is 0.942. The third-order valence-electron chi connectivity index (χ3n) is 2.09. The zero-order valence-electron chi connectivity index (χ0n) is 9.48. The van der Waals surface area contributed by atoms with Crippen molar-refractivity contribution in [3.63, 3.8) is 0 Å². The third-order valence-corrected chi connectivity index (χ3v) is 3.55. The molecule has 2 N–H and O–H groups in total. The van der Waals surface area contributed by atoms with Crippen molar-refractivity contribution in [1.29, 1.82) is 0 Å². The maximum absolute atomic E-state index is 13.4. The minimum absolute atomic E-state index is 0.0575. The predicted octanol–water partition coefficient (Wildman–Crippen LogP) is 0.965. The van der Waals surface area contributed by atoms with Crippen molar-refractivity contribution >= 4 is 16.0 Å². The fourth-order valence-electron chi connectivity index (χ4n) is 1.22. The smallest absolute Gasteiger partial charge is 0.335 e. The first-order valence-corrected chi connectivity index (χ1v) is 6.43. The molecule has 0 atom stereocenters. The molecule has 0 aliphatic heterocycles. The van der Waals surface area contributed by atoms with Gasteiger partial charge in [-0.25, -0.2) is 26.7 Å². The highest BCUT2D eigenvalue weighted by molar-refractivity contribution is 7.89. The fraction of sp³-hybridized carbons (Fsp3) is 0.182. The molecule has 0 saturated heterocycles. The summed E-state index contributed by atoms with van der Waals surface area (Å²) in [7, 11) is -4.37. The molecule has 0 saturated carbocycles. The lowest BCUT2D eigenvalue weighted by Gasteiger charge is -2.08. The number of aromatic carboxylic acids is 1. The monoisotopic (exact) mass is 289 g/mol. The lowest BCUT2D eigenvalue weighted by Crippen LogP contribution is -2.26. The number of carbonyl (C=O) groups is 1. The standard InChI is InChI=1S/C11H9F2NO4S/c1-2-3-4-14-19(17,18)9-6-7(11(15)16)5-8(12)10(9)13/h1,5-6,14H,3-4H2,(H,15,16). The second-order valence-electron chi connectivity index (χ2n) is 3.43. The van der Waals surface area contributed by atoms with E-state index in [0.717, 1.165) is 0 Å². The maximum atomic E-state index is 13.4. The highest BCUT2D eigenvalue weighted by atomic mass is 32.2. The number of hydrogen-bond donors (Lipinski definition) is 2. The second-order valence-corrected chi connectivity index (χ2v) is 5.16. The average molecular weight is 289 g/mol. The molecule has 0 fully saturated rings. The Morgan fingerprint density at radius 2 is 2.05 bits per heavy atom. The third kappa shape index (κ3) is 3.49. The zero-order valence-corrected chi connectivity index (χ0v) is 10.3. The van der Waals surface area contributed by atoms with Gasteiger partial charge in [0.2, 0.25) is 10.0 Å². The van der Waals surface area contributed by atoms with E-state index in [9.17, 15) is 22.0 Å². The molecule has 0 aromatic heterocycles. The highest BCUT2D eigenvalue weighted by Crippen LogP contribution is 2.19. The van der Waals surface area contributed by atoms with Gasteiger partial charge in [-0.3, -0.25) is 0 Å². The van der Waals surface area contributed by atoms with Crippen molar-refractivity contribution in [2.45, 2.75) is 11.3 Å². The second kappa shape index (κ2) is 5.77. The van der Waals surface area contributed by atoms with Crippen LogP contribution in [0.5, 0.6) is 0 Å². The van der Waals surface area contributed by atoms with Crippen LogP contribution in [0.25, 0.3) is 0 Å². The van der Waals surface area contributed by atoms with Gasteiger partial charge in [0, 0.05) is 13.0 Å². The number of benzene rings is 1. The molecule has 0 heterocycles. The molecule has 8 heteroatoms. The van der Waals surface area contributed by atoms with Gasteiger partial charge in [-0.05, 0) is 12.1 Å². The van der Waals surface area contributed by atoms with Crippen LogP contribution in [0.1, 0.15) is 16.8 Å². The maximum Gasteiger partial charge on any atom is 0.335 e. The van der Waals surface area contributed by atoms with Crippen molar-refractivity contribution in [2.75, 3.05) is 6.54 Å². The number of nitrogens with one attached hydrogen (secondary N) is 1. The van der Waals surface area contributed by atoms with E-state index in [4.69, 9.17) is 11.5 Å². The van der Waals surface area contributed by atoms with Gasteiger partial charge in [-0.2, -0.15) is 0 Å². The molecule has 5 nitrogen and oxygen atoms in total. The van der Waals surface area contributed by atoms with E-state index in [-0.39, 0.29) is 13.0 Å². The minimum atomic E-state index is -4.37. The van der Waals surface area contributed by atoms with Crippen LogP contribution < -0.4 is 4.72 Å². The minimum Gasteiger partial charge on any atom is -0.478 e. The molecule has 0 unspecified atom stereocenters. The normalized spacial score (nSPS) is 11.0. The fourth-order valence-corrected chi connectivity index (χ4v) is 2.36. The molecule has 0 aliphatic carbocycles. The Morgan fingerprint density at radius 3 is 2.58 bits per heavy atom. The summed E-state index contributed by atoms with van der Waals surface area (Å²) in [5, 5.41) is 8.67. The molecule has 102 valence electrons. The molecule has 1 aromatic rings. The first kappa shape index (κ1) is 15.1. The molecule has 0 bridgehead atoms. The van der Waals surface area contributed by atoms with Gasteiger partial charge in [0.25, 0.3) is 0 Å². The Morgan fingerprint density at radius 1 is 1.42 bits per heavy atom. The number of hydrogen-bond acceptors (Lipinski definition) is 3. The Balaban J connectivity index is 3.26. The Labute approximate surface area is 108 Å². The van der Waals surface area contributed by atoms with E-state index in [1.54, 1.807) is 0 Å². The van der Waals surface area contributed by atoms with Gasteiger partial charge in [-0.1, -0.05) is 0 Å². The number of halogens is 2. The summed E-state index contributed by atoms with van der Waals surface area (Å²) in [6.07, 6.45) is 4.98. The molecule has 0 spiro atoms. The summed E-state index contributed by atoms with van der Waals surface area (Å²) in [6.45, 7) is -0.169. The van der Waals surface area contributed by atoms with E-state index in [0.29, 0.717) is 12.1 Å². The van der Waals surface area contributed by atoms with Crippen LogP contribution in [0.2, 0.25) is 0 Å². The van der Waals surface area contributed by atoms with Gasteiger partial charge < -0.3 is 5.11 Å². The number of carboxylic acids is 1.